The molecule has 1 atom stereocenters. The molecular formula is C20H22N2O2S. The van der Waals surface area contributed by atoms with Gasteiger partial charge in [0.25, 0.3) is 5.91 Å². The van der Waals surface area contributed by atoms with Crippen LogP contribution in [0.3, 0.4) is 0 Å². The summed E-state index contributed by atoms with van der Waals surface area (Å²) in [6.45, 7) is 2.09. The number of rotatable bonds is 7. The van der Waals surface area contributed by atoms with Gasteiger partial charge in [-0.05, 0) is 43.5 Å². The summed E-state index contributed by atoms with van der Waals surface area (Å²) in [6, 6.07) is 17.5. The number of carbonyl (C=O) groups is 2. The first-order chi connectivity index (χ1) is 12.1. The Hall–Kier alpha value is -2.27. The van der Waals surface area contributed by atoms with Gasteiger partial charge in [0, 0.05) is 22.5 Å². The summed E-state index contributed by atoms with van der Waals surface area (Å²) < 4.78 is 0. The SMILES string of the molecule is CC(SCC(=O)Nc1cccc(C(=O)NC2CC2)c1)c1ccccc1. The highest BCUT2D eigenvalue weighted by molar-refractivity contribution is 8.00. The zero-order chi connectivity index (χ0) is 17.6. The first kappa shape index (κ1) is 17.5. The van der Waals surface area contributed by atoms with E-state index in [1.165, 1.54) is 5.56 Å². The number of benzene rings is 2. The Morgan fingerprint density at radius 3 is 2.60 bits per heavy atom. The molecule has 1 aliphatic carbocycles. The van der Waals surface area contributed by atoms with E-state index in [1.807, 2.05) is 18.2 Å². The van der Waals surface area contributed by atoms with Crippen LogP contribution < -0.4 is 10.6 Å². The second-order valence-corrected chi connectivity index (χ2v) is 7.57. The van der Waals surface area contributed by atoms with E-state index in [1.54, 1.807) is 36.0 Å². The maximum absolute atomic E-state index is 12.2. The van der Waals surface area contributed by atoms with Gasteiger partial charge in [0.1, 0.15) is 0 Å². The molecule has 2 amide bonds. The van der Waals surface area contributed by atoms with Crippen molar-refractivity contribution in [3.63, 3.8) is 0 Å². The minimum absolute atomic E-state index is 0.0625. The number of carbonyl (C=O) groups excluding carboxylic acids is 2. The monoisotopic (exact) mass is 354 g/mol. The topological polar surface area (TPSA) is 58.2 Å². The predicted octanol–water partition coefficient (Wildman–Crippen LogP) is 4.01. The van der Waals surface area contributed by atoms with E-state index in [4.69, 9.17) is 0 Å². The van der Waals surface area contributed by atoms with Gasteiger partial charge in [-0.3, -0.25) is 9.59 Å². The maximum Gasteiger partial charge on any atom is 0.251 e. The predicted molar refractivity (Wildman–Crippen MR) is 103 cm³/mol. The molecular weight excluding hydrogens is 332 g/mol. The van der Waals surface area contributed by atoms with Crippen LogP contribution in [0.4, 0.5) is 5.69 Å². The van der Waals surface area contributed by atoms with E-state index in [-0.39, 0.29) is 17.1 Å². The lowest BCUT2D eigenvalue weighted by Crippen LogP contribution is -2.25. The van der Waals surface area contributed by atoms with E-state index in [2.05, 4.69) is 29.7 Å². The van der Waals surface area contributed by atoms with E-state index < -0.39 is 0 Å². The number of thioether (sulfide) groups is 1. The summed E-state index contributed by atoms with van der Waals surface area (Å²) in [5.41, 5.74) is 2.44. The zero-order valence-electron chi connectivity index (χ0n) is 14.2. The Bertz CT molecular complexity index is 744. The standard InChI is InChI=1S/C20H22N2O2S/c1-14(15-6-3-2-4-7-15)25-13-19(23)21-18-9-5-8-16(12-18)20(24)22-17-10-11-17/h2-9,12,14,17H,10-11,13H2,1H3,(H,21,23)(H,22,24). The van der Waals surface area contributed by atoms with E-state index in [0.29, 0.717) is 23.0 Å². The Labute approximate surface area is 152 Å². The van der Waals surface area contributed by atoms with Gasteiger partial charge in [-0.15, -0.1) is 11.8 Å². The van der Waals surface area contributed by atoms with Gasteiger partial charge in [0.2, 0.25) is 5.91 Å². The summed E-state index contributed by atoms with van der Waals surface area (Å²) in [5.74, 6) is 0.229. The van der Waals surface area contributed by atoms with Crippen molar-refractivity contribution in [1.29, 1.82) is 0 Å². The molecule has 25 heavy (non-hydrogen) atoms. The van der Waals surface area contributed by atoms with Crippen LogP contribution in [0, 0.1) is 0 Å². The summed E-state index contributed by atoms with van der Waals surface area (Å²) in [7, 11) is 0. The summed E-state index contributed by atoms with van der Waals surface area (Å²) >= 11 is 1.59. The Morgan fingerprint density at radius 1 is 1.12 bits per heavy atom. The van der Waals surface area contributed by atoms with Gasteiger partial charge in [-0.2, -0.15) is 0 Å². The molecule has 0 bridgehead atoms. The molecule has 0 radical (unpaired) electrons. The Morgan fingerprint density at radius 2 is 1.88 bits per heavy atom. The van der Waals surface area contributed by atoms with E-state index in [0.717, 1.165) is 12.8 Å². The number of anilines is 1. The highest BCUT2D eigenvalue weighted by Gasteiger charge is 2.23. The highest BCUT2D eigenvalue weighted by atomic mass is 32.2. The second-order valence-electron chi connectivity index (χ2n) is 6.24. The normalized spacial score (nSPS) is 14.6. The maximum atomic E-state index is 12.2. The molecule has 2 aromatic carbocycles. The molecule has 5 heteroatoms. The van der Waals surface area contributed by atoms with Crippen LogP contribution >= 0.6 is 11.8 Å². The van der Waals surface area contributed by atoms with Crippen LogP contribution in [-0.2, 0) is 4.79 Å². The number of hydrogen-bond acceptors (Lipinski definition) is 3. The largest absolute Gasteiger partial charge is 0.349 e. The van der Waals surface area contributed by atoms with Crippen molar-refractivity contribution in [2.75, 3.05) is 11.1 Å². The molecule has 0 saturated heterocycles. The fourth-order valence-corrected chi connectivity index (χ4v) is 3.28. The van der Waals surface area contributed by atoms with Crippen molar-refractivity contribution in [1.82, 2.24) is 5.32 Å². The zero-order valence-corrected chi connectivity index (χ0v) is 15.0. The fourth-order valence-electron chi connectivity index (χ4n) is 2.45. The Balaban J connectivity index is 1.51. The lowest BCUT2D eigenvalue weighted by molar-refractivity contribution is -0.113. The van der Waals surface area contributed by atoms with Gasteiger partial charge < -0.3 is 10.6 Å². The third kappa shape index (κ3) is 5.36. The first-order valence-corrected chi connectivity index (χ1v) is 9.54. The van der Waals surface area contributed by atoms with Crippen molar-refractivity contribution < 1.29 is 9.59 Å². The molecule has 0 heterocycles. The number of hydrogen-bond donors (Lipinski definition) is 2. The average Bonchev–Trinajstić information content (AvgIpc) is 3.44. The molecule has 0 aliphatic heterocycles. The van der Waals surface area contributed by atoms with Crippen LogP contribution in [0.25, 0.3) is 0 Å². The molecule has 1 saturated carbocycles. The second kappa shape index (κ2) is 8.21. The van der Waals surface area contributed by atoms with Crippen LogP contribution in [0.1, 0.15) is 40.9 Å². The quantitative estimate of drug-likeness (QED) is 0.790. The molecule has 3 rings (SSSR count). The first-order valence-electron chi connectivity index (χ1n) is 8.49. The molecule has 2 aromatic rings. The number of amides is 2. The molecule has 1 aliphatic rings. The van der Waals surface area contributed by atoms with E-state index in [9.17, 15) is 9.59 Å². The van der Waals surface area contributed by atoms with Crippen molar-refractivity contribution in [3.05, 3.63) is 65.7 Å². The molecule has 0 aromatic heterocycles. The number of nitrogens with one attached hydrogen (secondary N) is 2. The Kier molecular flexibility index (Phi) is 5.76. The molecule has 2 N–H and O–H groups in total. The van der Waals surface area contributed by atoms with Crippen LogP contribution in [0.2, 0.25) is 0 Å². The van der Waals surface area contributed by atoms with Gasteiger partial charge in [-0.1, -0.05) is 36.4 Å². The van der Waals surface area contributed by atoms with Gasteiger partial charge in [-0.25, -0.2) is 0 Å². The van der Waals surface area contributed by atoms with Crippen molar-refractivity contribution in [3.8, 4) is 0 Å². The van der Waals surface area contributed by atoms with Crippen LogP contribution in [-0.4, -0.2) is 23.6 Å². The molecule has 130 valence electrons. The van der Waals surface area contributed by atoms with Crippen molar-refractivity contribution >= 4 is 29.3 Å². The van der Waals surface area contributed by atoms with Gasteiger partial charge in [0.15, 0.2) is 0 Å². The van der Waals surface area contributed by atoms with Crippen molar-refractivity contribution in [2.24, 2.45) is 0 Å². The minimum Gasteiger partial charge on any atom is -0.349 e. The summed E-state index contributed by atoms with van der Waals surface area (Å²) in [6.07, 6.45) is 2.11. The van der Waals surface area contributed by atoms with Gasteiger partial charge in [0.05, 0.1) is 5.75 Å². The third-order valence-electron chi connectivity index (χ3n) is 4.05. The average molecular weight is 354 g/mol. The van der Waals surface area contributed by atoms with Gasteiger partial charge >= 0.3 is 0 Å². The lowest BCUT2D eigenvalue weighted by Gasteiger charge is -2.12. The van der Waals surface area contributed by atoms with Crippen LogP contribution in [0.15, 0.2) is 54.6 Å². The molecule has 0 spiro atoms. The highest BCUT2D eigenvalue weighted by Crippen LogP contribution is 2.27. The minimum atomic E-state index is -0.0781. The summed E-state index contributed by atoms with van der Waals surface area (Å²) in [4.78, 5) is 24.3. The third-order valence-corrected chi connectivity index (χ3v) is 5.26. The molecule has 1 unspecified atom stereocenters. The smallest absolute Gasteiger partial charge is 0.251 e. The van der Waals surface area contributed by atoms with Crippen molar-refractivity contribution in [2.45, 2.75) is 31.1 Å². The fraction of sp³-hybridized carbons (Fsp3) is 0.300. The molecule has 1 fully saturated rings. The van der Waals surface area contributed by atoms with Crippen LogP contribution in [0.5, 0.6) is 0 Å². The summed E-state index contributed by atoms with van der Waals surface area (Å²) in [5, 5.41) is 6.08. The van der Waals surface area contributed by atoms with E-state index >= 15 is 0 Å². The molecule has 4 nitrogen and oxygen atoms in total. The lowest BCUT2D eigenvalue weighted by atomic mass is 10.2.